The first-order valence-corrected chi connectivity index (χ1v) is 12.7. The zero-order valence-corrected chi connectivity index (χ0v) is 19.3. The van der Waals surface area contributed by atoms with Crippen LogP contribution in [0.5, 0.6) is 11.5 Å². The summed E-state index contributed by atoms with van der Waals surface area (Å²) in [7, 11) is -1.54. The number of hydrogen-bond donors (Lipinski definition) is 0. The average molecular weight is 476 g/mol. The van der Waals surface area contributed by atoms with Gasteiger partial charge in [0.15, 0.2) is 21.3 Å². The van der Waals surface area contributed by atoms with Gasteiger partial charge in [0.1, 0.15) is 10.9 Å². The number of amides is 1. The second-order valence-electron chi connectivity index (χ2n) is 7.29. The zero-order valence-electron chi connectivity index (χ0n) is 16.8. The predicted octanol–water partition coefficient (Wildman–Crippen LogP) is 3.66. The van der Waals surface area contributed by atoms with Gasteiger partial charge in [-0.15, -0.1) is 0 Å². The summed E-state index contributed by atoms with van der Waals surface area (Å²) in [5, 5.41) is 0. The molecule has 2 aliphatic rings. The molecule has 0 N–H and O–H groups in total. The number of thiocarbonyl (C=S) groups is 1. The number of rotatable bonds is 6. The lowest BCUT2D eigenvalue weighted by Crippen LogP contribution is -2.39. The van der Waals surface area contributed by atoms with Crippen LogP contribution < -0.4 is 9.47 Å². The molecule has 9 heteroatoms. The number of nitrogens with zero attached hydrogens (tertiary/aromatic N) is 1. The number of carbonyl (C=O) groups is 1. The summed E-state index contributed by atoms with van der Waals surface area (Å²) in [6, 6.07) is 14.9. The smallest absolute Gasteiger partial charge is 0.266 e. The van der Waals surface area contributed by atoms with Gasteiger partial charge in [-0.3, -0.25) is 9.69 Å². The van der Waals surface area contributed by atoms with Gasteiger partial charge in [-0.25, -0.2) is 8.42 Å². The molecule has 2 saturated heterocycles. The number of methoxy groups -OCH3 is 1. The predicted molar refractivity (Wildman–Crippen MR) is 126 cm³/mol. The van der Waals surface area contributed by atoms with Gasteiger partial charge in [-0.1, -0.05) is 60.4 Å². The van der Waals surface area contributed by atoms with Crippen molar-refractivity contribution >= 4 is 50.1 Å². The van der Waals surface area contributed by atoms with Crippen LogP contribution in [-0.4, -0.2) is 48.2 Å². The van der Waals surface area contributed by atoms with E-state index in [1.807, 2.05) is 36.4 Å². The highest BCUT2D eigenvalue weighted by Crippen LogP contribution is 2.37. The van der Waals surface area contributed by atoms with Crippen LogP contribution in [0.4, 0.5) is 0 Å². The minimum absolute atomic E-state index is 0.0337. The molecule has 162 valence electrons. The van der Waals surface area contributed by atoms with Crippen LogP contribution in [0.1, 0.15) is 17.5 Å². The van der Waals surface area contributed by atoms with Crippen molar-refractivity contribution in [3.8, 4) is 11.5 Å². The molecule has 0 radical (unpaired) electrons. The standard InChI is InChI=1S/C22H21NO5S3/c1-27-19-11-16(7-8-18(19)28-13-15-5-3-2-4-6-15)12-20-21(24)23(22(29)30-20)17-9-10-31(25,26)14-17/h2-8,11-12,17H,9-10,13-14H2,1H3/b20-12-. The van der Waals surface area contributed by atoms with E-state index in [4.69, 9.17) is 21.7 Å². The molecule has 0 saturated carbocycles. The van der Waals surface area contributed by atoms with Gasteiger partial charge in [0.25, 0.3) is 5.91 Å². The third-order valence-electron chi connectivity index (χ3n) is 5.12. The van der Waals surface area contributed by atoms with Crippen molar-refractivity contribution in [2.24, 2.45) is 0 Å². The molecule has 1 unspecified atom stereocenters. The number of hydrogen-bond acceptors (Lipinski definition) is 7. The van der Waals surface area contributed by atoms with E-state index < -0.39 is 9.84 Å². The molecule has 6 nitrogen and oxygen atoms in total. The molecule has 0 spiro atoms. The minimum Gasteiger partial charge on any atom is -0.493 e. The van der Waals surface area contributed by atoms with Crippen LogP contribution in [0, 0.1) is 0 Å². The molecule has 2 aromatic carbocycles. The number of thioether (sulfide) groups is 1. The molecule has 0 bridgehead atoms. The van der Waals surface area contributed by atoms with E-state index in [-0.39, 0.29) is 23.5 Å². The maximum atomic E-state index is 12.9. The van der Waals surface area contributed by atoms with Crippen molar-refractivity contribution in [2.45, 2.75) is 19.1 Å². The van der Waals surface area contributed by atoms with Gasteiger partial charge in [-0.05, 0) is 35.8 Å². The van der Waals surface area contributed by atoms with Crippen LogP contribution in [0.3, 0.4) is 0 Å². The Bertz CT molecular complexity index is 1140. The fourth-order valence-electron chi connectivity index (χ4n) is 3.55. The van der Waals surface area contributed by atoms with Crippen LogP contribution in [0.25, 0.3) is 6.08 Å². The lowest BCUT2D eigenvalue weighted by molar-refractivity contribution is -0.123. The molecule has 4 rings (SSSR count). The van der Waals surface area contributed by atoms with E-state index in [0.717, 1.165) is 11.1 Å². The van der Waals surface area contributed by atoms with E-state index in [1.165, 1.54) is 16.7 Å². The second-order valence-corrected chi connectivity index (χ2v) is 11.2. The van der Waals surface area contributed by atoms with Crippen molar-refractivity contribution in [2.75, 3.05) is 18.6 Å². The largest absolute Gasteiger partial charge is 0.493 e. The molecule has 2 aromatic rings. The van der Waals surface area contributed by atoms with E-state index >= 15 is 0 Å². The minimum atomic E-state index is -3.11. The van der Waals surface area contributed by atoms with Gasteiger partial charge >= 0.3 is 0 Å². The number of carbonyl (C=O) groups excluding carboxylic acids is 1. The summed E-state index contributed by atoms with van der Waals surface area (Å²) in [5.41, 5.74) is 1.81. The number of benzene rings is 2. The van der Waals surface area contributed by atoms with Crippen molar-refractivity contribution in [1.82, 2.24) is 4.90 Å². The summed E-state index contributed by atoms with van der Waals surface area (Å²) in [6.45, 7) is 0.416. The Kier molecular flexibility index (Phi) is 6.36. The quantitative estimate of drug-likeness (QED) is 0.466. The van der Waals surface area contributed by atoms with Gasteiger partial charge in [0.05, 0.1) is 29.6 Å². The molecule has 1 atom stereocenters. The third kappa shape index (κ3) is 4.94. The van der Waals surface area contributed by atoms with Crippen molar-refractivity contribution < 1.29 is 22.7 Å². The Labute approximate surface area is 191 Å². The summed E-state index contributed by atoms with van der Waals surface area (Å²) in [5.74, 6) is 0.971. The van der Waals surface area contributed by atoms with Crippen molar-refractivity contribution in [3.05, 3.63) is 64.6 Å². The first-order valence-electron chi connectivity index (χ1n) is 9.68. The maximum absolute atomic E-state index is 12.9. The van der Waals surface area contributed by atoms with Crippen LogP contribution in [-0.2, 0) is 21.2 Å². The Morgan fingerprint density at radius 2 is 1.97 bits per heavy atom. The molecule has 0 aromatic heterocycles. The van der Waals surface area contributed by atoms with Gasteiger partial charge in [-0.2, -0.15) is 0 Å². The van der Waals surface area contributed by atoms with Crippen LogP contribution in [0.2, 0.25) is 0 Å². The highest BCUT2D eigenvalue weighted by molar-refractivity contribution is 8.26. The van der Waals surface area contributed by atoms with Crippen LogP contribution >= 0.6 is 24.0 Å². The van der Waals surface area contributed by atoms with Crippen molar-refractivity contribution in [3.63, 3.8) is 0 Å². The molecule has 2 aliphatic heterocycles. The van der Waals surface area contributed by atoms with E-state index in [1.54, 1.807) is 25.3 Å². The summed E-state index contributed by atoms with van der Waals surface area (Å²) < 4.78 is 35.3. The second kappa shape index (κ2) is 9.02. The lowest BCUT2D eigenvalue weighted by Gasteiger charge is -2.20. The zero-order chi connectivity index (χ0) is 22.0. The molecule has 0 aliphatic carbocycles. The average Bonchev–Trinajstić information content (AvgIpc) is 3.25. The molecule has 31 heavy (non-hydrogen) atoms. The Balaban J connectivity index is 1.50. The van der Waals surface area contributed by atoms with Crippen LogP contribution in [0.15, 0.2) is 53.4 Å². The monoisotopic (exact) mass is 475 g/mol. The topological polar surface area (TPSA) is 72.9 Å². The van der Waals surface area contributed by atoms with Gasteiger partial charge in [0, 0.05) is 0 Å². The lowest BCUT2D eigenvalue weighted by atomic mass is 10.1. The summed E-state index contributed by atoms with van der Waals surface area (Å²) in [6.07, 6.45) is 2.16. The maximum Gasteiger partial charge on any atom is 0.266 e. The summed E-state index contributed by atoms with van der Waals surface area (Å²) in [4.78, 5) is 14.8. The Morgan fingerprint density at radius 3 is 2.65 bits per heavy atom. The van der Waals surface area contributed by atoms with E-state index in [9.17, 15) is 13.2 Å². The van der Waals surface area contributed by atoms with Gasteiger partial charge < -0.3 is 9.47 Å². The number of sulfone groups is 1. The van der Waals surface area contributed by atoms with Gasteiger partial charge in [0.2, 0.25) is 0 Å². The molecule has 2 heterocycles. The van der Waals surface area contributed by atoms with E-state index in [0.29, 0.717) is 33.8 Å². The molecular weight excluding hydrogens is 454 g/mol. The fraction of sp³-hybridized carbons (Fsp3) is 0.273. The van der Waals surface area contributed by atoms with Crippen molar-refractivity contribution in [1.29, 1.82) is 0 Å². The summed E-state index contributed by atoms with van der Waals surface area (Å²) >= 11 is 6.55. The molecule has 2 fully saturated rings. The normalized spacial score (nSPS) is 21.6. The molecular formula is C22H21NO5S3. The third-order valence-corrected chi connectivity index (χ3v) is 8.20. The fourth-order valence-corrected chi connectivity index (χ4v) is 6.65. The first-order chi connectivity index (χ1) is 14.9. The highest BCUT2D eigenvalue weighted by Gasteiger charge is 2.42. The van der Waals surface area contributed by atoms with E-state index in [2.05, 4.69) is 0 Å². The Morgan fingerprint density at radius 1 is 1.19 bits per heavy atom. The SMILES string of the molecule is COc1cc(/C=C2\SC(=S)N(C3CCS(=O)(=O)C3)C2=O)ccc1OCc1ccccc1. The first kappa shape index (κ1) is 21.9. The molecule has 1 amide bonds. The highest BCUT2D eigenvalue weighted by atomic mass is 32.2. The Hall–Kier alpha value is -2.36. The number of ether oxygens (including phenoxy) is 2.